The number of rotatable bonds is 7. The van der Waals surface area contributed by atoms with Crippen LogP contribution in [0.1, 0.15) is 5.56 Å². The van der Waals surface area contributed by atoms with E-state index in [9.17, 15) is 0 Å². The fourth-order valence-corrected chi connectivity index (χ4v) is 3.69. The Kier molecular flexibility index (Phi) is 6.08. The SMILES string of the molecule is CN(C)CCNc1ncnc2[nH]c(-c3ccc(CN4CCN(C)CC4)cc3)cc12. The predicted octanol–water partition coefficient (Wildman–Crippen LogP) is 2.35. The van der Waals surface area contributed by atoms with E-state index in [-0.39, 0.29) is 0 Å². The highest BCUT2D eigenvalue weighted by Gasteiger charge is 2.14. The van der Waals surface area contributed by atoms with Gasteiger partial charge in [0, 0.05) is 51.5 Å². The maximum Gasteiger partial charge on any atom is 0.143 e. The van der Waals surface area contributed by atoms with Gasteiger partial charge in [-0.25, -0.2) is 9.97 Å². The van der Waals surface area contributed by atoms with Crippen molar-refractivity contribution in [1.82, 2.24) is 29.7 Å². The van der Waals surface area contributed by atoms with Crippen LogP contribution in [-0.4, -0.2) is 90.1 Å². The van der Waals surface area contributed by atoms with Crippen LogP contribution >= 0.6 is 0 Å². The van der Waals surface area contributed by atoms with Gasteiger partial charge in [0.2, 0.25) is 0 Å². The third-order valence-corrected chi connectivity index (χ3v) is 5.54. The quantitative estimate of drug-likeness (QED) is 0.643. The number of benzene rings is 1. The van der Waals surface area contributed by atoms with E-state index >= 15 is 0 Å². The van der Waals surface area contributed by atoms with E-state index in [2.05, 4.69) is 86.4 Å². The average Bonchev–Trinajstić information content (AvgIpc) is 3.15. The number of hydrogen-bond acceptors (Lipinski definition) is 6. The van der Waals surface area contributed by atoms with Crippen molar-refractivity contribution in [3.63, 3.8) is 0 Å². The molecule has 1 fully saturated rings. The van der Waals surface area contributed by atoms with Crippen molar-refractivity contribution in [3.8, 4) is 11.3 Å². The normalized spacial score (nSPS) is 16.0. The maximum atomic E-state index is 4.43. The second-order valence-electron chi connectivity index (χ2n) is 8.17. The van der Waals surface area contributed by atoms with Gasteiger partial charge in [0.15, 0.2) is 0 Å². The van der Waals surface area contributed by atoms with Gasteiger partial charge in [-0.2, -0.15) is 0 Å². The molecule has 154 valence electrons. The summed E-state index contributed by atoms with van der Waals surface area (Å²) in [6, 6.07) is 11.0. The minimum absolute atomic E-state index is 0.848. The van der Waals surface area contributed by atoms with Gasteiger partial charge in [0.25, 0.3) is 0 Å². The second kappa shape index (κ2) is 8.90. The van der Waals surface area contributed by atoms with Crippen LogP contribution in [0.15, 0.2) is 36.7 Å². The van der Waals surface area contributed by atoms with E-state index < -0.39 is 0 Å². The van der Waals surface area contributed by atoms with Crippen molar-refractivity contribution in [2.75, 3.05) is 65.7 Å². The number of anilines is 1. The summed E-state index contributed by atoms with van der Waals surface area (Å²) in [7, 11) is 6.33. The standard InChI is InChI=1S/C22H31N7/c1-27(2)9-8-23-21-19-14-20(26-22(19)25-16-24-21)18-6-4-17(5-7-18)15-29-12-10-28(3)11-13-29/h4-7,14,16H,8-13,15H2,1-3H3,(H2,23,24,25,26). The van der Waals surface area contributed by atoms with E-state index in [0.29, 0.717) is 0 Å². The largest absolute Gasteiger partial charge is 0.368 e. The Morgan fingerprint density at radius 2 is 1.83 bits per heavy atom. The number of hydrogen-bond donors (Lipinski definition) is 2. The summed E-state index contributed by atoms with van der Waals surface area (Å²) in [5, 5.41) is 4.45. The summed E-state index contributed by atoms with van der Waals surface area (Å²) in [5.74, 6) is 0.881. The lowest BCUT2D eigenvalue weighted by Crippen LogP contribution is -2.43. The third kappa shape index (κ3) is 4.93. The van der Waals surface area contributed by atoms with E-state index in [1.807, 2.05) is 0 Å². The molecule has 0 aliphatic carbocycles. The van der Waals surface area contributed by atoms with Gasteiger partial charge < -0.3 is 20.1 Å². The molecule has 2 N–H and O–H groups in total. The molecule has 3 aromatic rings. The molecule has 0 bridgehead atoms. The molecule has 0 atom stereocenters. The fraction of sp³-hybridized carbons (Fsp3) is 0.455. The number of fused-ring (bicyclic) bond motifs is 1. The van der Waals surface area contributed by atoms with Gasteiger partial charge in [-0.15, -0.1) is 0 Å². The summed E-state index contributed by atoms with van der Waals surface area (Å²) in [6.07, 6.45) is 1.61. The van der Waals surface area contributed by atoms with Crippen LogP contribution in [0.2, 0.25) is 0 Å². The number of aromatic nitrogens is 3. The number of likely N-dealkylation sites (N-methyl/N-ethyl adjacent to an activating group) is 2. The van der Waals surface area contributed by atoms with Crippen LogP contribution in [0, 0.1) is 0 Å². The third-order valence-electron chi connectivity index (χ3n) is 5.54. The summed E-state index contributed by atoms with van der Waals surface area (Å²) >= 11 is 0. The Balaban J connectivity index is 1.46. The number of aromatic amines is 1. The lowest BCUT2D eigenvalue weighted by atomic mass is 10.1. The lowest BCUT2D eigenvalue weighted by molar-refractivity contribution is 0.148. The molecular formula is C22H31N7. The number of piperazine rings is 1. The molecule has 29 heavy (non-hydrogen) atoms. The number of nitrogens with one attached hydrogen (secondary N) is 2. The molecular weight excluding hydrogens is 362 g/mol. The molecule has 7 heteroatoms. The maximum absolute atomic E-state index is 4.43. The molecule has 4 rings (SSSR count). The monoisotopic (exact) mass is 393 g/mol. The molecule has 0 radical (unpaired) electrons. The van der Waals surface area contributed by atoms with E-state index in [4.69, 9.17) is 0 Å². The molecule has 7 nitrogen and oxygen atoms in total. The Hall–Kier alpha value is -2.48. The number of nitrogens with zero attached hydrogens (tertiary/aromatic N) is 5. The van der Waals surface area contributed by atoms with Crippen LogP contribution in [-0.2, 0) is 6.54 Å². The van der Waals surface area contributed by atoms with Gasteiger partial charge in [-0.05, 0) is 38.3 Å². The molecule has 1 saturated heterocycles. The Bertz CT molecular complexity index is 924. The topological polar surface area (TPSA) is 63.3 Å². The first kappa shape index (κ1) is 19.8. The van der Waals surface area contributed by atoms with Gasteiger partial charge in [0.05, 0.1) is 5.39 Å². The van der Waals surface area contributed by atoms with Gasteiger partial charge >= 0.3 is 0 Å². The summed E-state index contributed by atoms with van der Waals surface area (Å²) in [5.41, 5.74) is 4.47. The second-order valence-corrected chi connectivity index (χ2v) is 8.17. The van der Waals surface area contributed by atoms with Crippen LogP contribution in [0.25, 0.3) is 22.3 Å². The van der Waals surface area contributed by atoms with Crippen LogP contribution in [0.5, 0.6) is 0 Å². The van der Waals surface area contributed by atoms with Crippen molar-refractivity contribution in [2.45, 2.75) is 6.54 Å². The first-order valence-corrected chi connectivity index (χ1v) is 10.3. The highest BCUT2D eigenvalue weighted by Crippen LogP contribution is 2.27. The summed E-state index contributed by atoms with van der Waals surface area (Å²) in [4.78, 5) is 19.3. The molecule has 1 aliphatic heterocycles. The van der Waals surface area contributed by atoms with E-state index in [0.717, 1.165) is 68.4 Å². The first-order chi connectivity index (χ1) is 14.1. The van der Waals surface area contributed by atoms with Crippen molar-refractivity contribution < 1.29 is 0 Å². The molecule has 1 aromatic carbocycles. The van der Waals surface area contributed by atoms with Crippen molar-refractivity contribution in [1.29, 1.82) is 0 Å². The Labute approximate surface area is 172 Å². The number of H-pyrrole nitrogens is 1. The van der Waals surface area contributed by atoms with Crippen LogP contribution in [0.4, 0.5) is 5.82 Å². The minimum Gasteiger partial charge on any atom is -0.368 e. The molecule has 0 amide bonds. The predicted molar refractivity (Wildman–Crippen MR) is 119 cm³/mol. The van der Waals surface area contributed by atoms with Gasteiger partial charge in [-0.3, -0.25) is 4.90 Å². The highest BCUT2D eigenvalue weighted by molar-refractivity contribution is 5.91. The molecule has 0 saturated carbocycles. The van der Waals surface area contributed by atoms with Crippen molar-refractivity contribution >= 4 is 16.9 Å². The van der Waals surface area contributed by atoms with E-state index in [1.54, 1.807) is 6.33 Å². The van der Waals surface area contributed by atoms with Crippen molar-refractivity contribution in [2.24, 2.45) is 0 Å². The van der Waals surface area contributed by atoms with Crippen molar-refractivity contribution in [3.05, 3.63) is 42.2 Å². The zero-order valence-corrected chi connectivity index (χ0v) is 17.6. The highest BCUT2D eigenvalue weighted by atomic mass is 15.2. The first-order valence-electron chi connectivity index (χ1n) is 10.3. The molecule has 1 aliphatic rings. The van der Waals surface area contributed by atoms with Gasteiger partial charge in [0.1, 0.15) is 17.8 Å². The molecule has 3 heterocycles. The lowest BCUT2D eigenvalue weighted by Gasteiger charge is -2.32. The van der Waals surface area contributed by atoms with Crippen LogP contribution < -0.4 is 5.32 Å². The minimum atomic E-state index is 0.848. The summed E-state index contributed by atoms with van der Waals surface area (Å²) < 4.78 is 0. The zero-order chi connectivity index (χ0) is 20.2. The van der Waals surface area contributed by atoms with Crippen LogP contribution in [0.3, 0.4) is 0 Å². The molecule has 2 aromatic heterocycles. The summed E-state index contributed by atoms with van der Waals surface area (Å²) in [6.45, 7) is 7.41. The Morgan fingerprint density at radius 3 is 2.55 bits per heavy atom. The van der Waals surface area contributed by atoms with Gasteiger partial charge in [-0.1, -0.05) is 24.3 Å². The molecule has 0 unspecified atom stereocenters. The Morgan fingerprint density at radius 1 is 1.07 bits per heavy atom. The smallest absolute Gasteiger partial charge is 0.143 e. The molecule has 0 spiro atoms. The van der Waals surface area contributed by atoms with E-state index in [1.165, 1.54) is 11.1 Å². The average molecular weight is 394 g/mol. The fourth-order valence-electron chi connectivity index (χ4n) is 3.69. The zero-order valence-electron chi connectivity index (χ0n) is 17.6.